The molecule has 0 bridgehead atoms. The third-order valence-corrected chi connectivity index (χ3v) is 9.10. The summed E-state index contributed by atoms with van der Waals surface area (Å²) >= 11 is 0. The van der Waals surface area contributed by atoms with Gasteiger partial charge in [-0.1, -0.05) is 117 Å². The second kappa shape index (κ2) is 26.5. The number of aliphatic hydroxyl groups excluding tert-OH is 6. The highest BCUT2D eigenvalue weighted by molar-refractivity contribution is 5.84. The largest absolute Gasteiger partial charge is 0.394 e. The fraction of sp³-hybridized carbons (Fsp3) is 0.943. The third-order valence-electron chi connectivity index (χ3n) is 9.10. The summed E-state index contributed by atoms with van der Waals surface area (Å²) in [6.07, 6.45) is 9.63. The van der Waals surface area contributed by atoms with Crippen LogP contribution in [0, 0.1) is 0 Å². The molecule has 1 heterocycles. The van der Waals surface area contributed by atoms with Gasteiger partial charge in [0.2, 0.25) is 11.8 Å². The van der Waals surface area contributed by atoms with Gasteiger partial charge in [-0.15, -0.1) is 0 Å². The number of aliphatic hydroxyl groups is 6. The predicted octanol–water partition coefficient (Wildman–Crippen LogP) is 2.92. The Labute approximate surface area is 283 Å². The molecule has 1 aliphatic rings. The molecule has 12 nitrogen and oxygen atoms in total. The number of ether oxygens (including phenoxy) is 2. The number of rotatable bonds is 28. The van der Waals surface area contributed by atoms with Crippen molar-refractivity contribution < 1.29 is 49.7 Å². The van der Waals surface area contributed by atoms with E-state index in [0.29, 0.717) is 19.3 Å². The van der Waals surface area contributed by atoms with Crippen LogP contribution < -0.4 is 5.32 Å². The lowest BCUT2D eigenvalue weighted by Crippen LogP contribution is -2.60. The average Bonchev–Trinajstić information content (AvgIpc) is 3.06. The summed E-state index contributed by atoms with van der Waals surface area (Å²) in [6.45, 7) is 3.00. The minimum atomic E-state index is -1.66. The van der Waals surface area contributed by atoms with E-state index in [9.17, 15) is 40.2 Å². The van der Waals surface area contributed by atoms with Crippen LogP contribution in [0.5, 0.6) is 0 Å². The zero-order valence-corrected chi connectivity index (χ0v) is 29.4. The van der Waals surface area contributed by atoms with Crippen molar-refractivity contribution in [3.8, 4) is 0 Å². The van der Waals surface area contributed by atoms with Crippen LogP contribution in [0.2, 0.25) is 0 Å². The van der Waals surface area contributed by atoms with E-state index < -0.39 is 68.1 Å². The minimum Gasteiger partial charge on any atom is -0.394 e. The van der Waals surface area contributed by atoms with E-state index in [2.05, 4.69) is 19.2 Å². The Hall–Kier alpha value is -1.38. The number of nitrogens with zero attached hydrogens (tertiary/aromatic N) is 1. The number of hydrogen-bond donors (Lipinski definition) is 7. The Balaban J connectivity index is 2.61. The van der Waals surface area contributed by atoms with Crippen molar-refractivity contribution in [2.45, 2.75) is 185 Å². The number of carbonyl (C=O) groups excluding carboxylic acids is 2. The minimum absolute atomic E-state index is 0.173. The topological polar surface area (TPSA) is 189 Å². The first-order valence-corrected chi connectivity index (χ1v) is 18.4. The first-order valence-electron chi connectivity index (χ1n) is 18.4. The quantitative estimate of drug-likeness (QED) is 0.0607. The Morgan fingerprint density at radius 1 is 0.766 bits per heavy atom. The standard InChI is InChI=1S/C35H68N2O10/c1-4-6-8-10-11-12-13-14-15-16-17-18-19-21-27(39)31(42)26(25-46-35-34(45)33(44)32(43)28(24-38)47-35)36-29(40)23-37(3)30(41)22-20-9-7-5-2/h26-28,31-35,38-39,42-45H,4-25H2,1-3H3,(H,36,40)/t26-,27+,28?,31-,32-,33?,34-,35-/m0/s1. The predicted molar refractivity (Wildman–Crippen MR) is 180 cm³/mol. The lowest BCUT2D eigenvalue weighted by molar-refractivity contribution is -0.303. The summed E-state index contributed by atoms with van der Waals surface area (Å²) in [6, 6.07) is -1.14. The van der Waals surface area contributed by atoms with Gasteiger partial charge in [0, 0.05) is 13.5 Å². The Kier molecular flexibility index (Phi) is 24.6. The number of carbonyl (C=O) groups is 2. The molecule has 0 saturated carbocycles. The molecule has 1 aliphatic heterocycles. The van der Waals surface area contributed by atoms with Gasteiger partial charge in [-0.05, 0) is 12.8 Å². The molecule has 0 aromatic carbocycles. The van der Waals surface area contributed by atoms with Gasteiger partial charge in [-0.2, -0.15) is 0 Å². The van der Waals surface area contributed by atoms with E-state index in [-0.39, 0.29) is 12.5 Å². The molecule has 0 spiro atoms. The van der Waals surface area contributed by atoms with Gasteiger partial charge in [-0.3, -0.25) is 9.59 Å². The van der Waals surface area contributed by atoms with Crippen molar-refractivity contribution in [3.63, 3.8) is 0 Å². The second-order valence-electron chi connectivity index (χ2n) is 13.4. The van der Waals surface area contributed by atoms with Gasteiger partial charge in [-0.25, -0.2) is 0 Å². The van der Waals surface area contributed by atoms with Crippen LogP contribution in [0.1, 0.15) is 136 Å². The number of unbranched alkanes of at least 4 members (excludes halogenated alkanes) is 15. The lowest BCUT2D eigenvalue weighted by Gasteiger charge is -2.40. The summed E-state index contributed by atoms with van der Waals surface area (Å²) < 4.78 is 11.0. The number of amides is 2. The summed E-state index contributed by atoms with van der Waals surface area (Å²) in [5, 5.41) is 64.5. The van der Waals surface area contributed by atoms with Crippen LogP contribution in [0.25, 0.3) is 0 Å². The van der Waals surface area contributed by atoms with Crippen LogP contribution in [-0.2, 0) is 19.1 Å². The first-order chi connectivity index (χ1) is 22.6. The molecule has 1 fully saturated rings. The van der Waals surface area contributed by atoms with Gasteiger partial charge in [0.25, 0.3) is 0 Å². The Bertz CT molecular complexity index is 804. The molecular formula is C35H68N2O10. The maximum absolute atomic E-state index is 12.9. The van der Waals surface area contributed by atoms with Gasteiger partial charge in [0.05, 0.1) is 31.9 Å². The Morgan fingerprint density at radius 2 is 1.28 bits per heavy atom. The van der Waals surface area contributed by atoms with Gasteiger partial charge in [0.1, 0.15) is 30.5 Å². The van der Waals surface area contributed by atoms with Crippen molar-refractivity contribution in [3.05, 3.63) is 0 Å². The van der Waals surface area contributed by atoms with Crippen LogP contribution in [0.15, 0.2) is 0 Å². The van der Waals surface area contributed by atoms with Gasteiger partial charge in [0.15, 0.2) is 6.29 Å². The molecule has 2 amide bonds. The van der Waals surface area contributed by atoms with Gasteiger partial charge < -0.3 is 50.3 Å². The monoisotopic (exact) mass is 676 g/mol. The molecule has 1 saturated heterocycles. The number of hydrogen-bond acceptors (Lipinski definition) is 10. The van der Waals surface area contributed by atoms with E-state index >= 15 is 0 Å². The molecule has 278 valence electrons. The molecule has 47 heavy (non-hydrogen) atoms. The van der Waals surface area contributed by atoms with Gasteiger partial charge >= 0.3 is 0 Å². The van der Waals surface area contributed by atoms with Crippen molar-refractivity contribution in [1.82, 2.24) is 10.2 Å². The van der Waals surface area contributed by atoms with Crippen LogP contribution in [-0.4, -0.2) is 123 Å². The SMILES string of the molecule is CCCCCCCCCCCCCCC[C@@H](O)[C@@H](O)[C@H](CO[C@H]1OC(CO)[C@H](O)C(O)[C@@H]1O)NC(=O)CN(C)C(=O)CCCCCC. The third kappa shape index (κ3) is 18.3. The number of likely N-dealkylation sites (N-methyl/N-ethyl adjacent to an activating group) is 1. The molecule has 1 rings (SSSR count). The summed E-state index contributed by atoms with van der Waals surface area (Å²) in [5.74, 6) is -0.739. The molecule has 0 radical (unpaired) electrons. The lowest BCUT2D eigenvalue weighted by atomic mass is 9.98. The molecule has 2 unspecified atom stereocenters. The van der Waals surface area contributed by atoms with E-state index in [1.165, 1.54) is 69.7 Å². The fourth-order valence-corrected chi connectivity index (χ4v) is 5.89. The molecule has 7 N–H and O–H groups in total. The zero-order chi connectivity index (χ0) is 35.0. The zero-order valence-electron chi connectivity index (χ0n) is 29.4. The highest BCUT2D eigenvalue weighted by atomic mass is 16.7. The molecule has 0 aromatic heterocycles. The fourth-order valence-electron chi connectivity index (χ4n) is 5.89. The molecule has 0 aromatic rings. The van der Waals surface area contributed by atoms with Crippen molar-refractivity contribution >= 4 is 11.8 Å². The van der Waals surface area contributed by atoms with Crippen LogP contribution in [0.3, 0.4) is 0 Å². The molecule has 12 heteroatoms. The molecule has 0 aliphatic carbocycles. The summed E-state index contributed by atoms with van der Waals surface area (Å²) in [4.78, 5) is 26.7. The average molecular weight is 677 g/mol. The first kappa shape index (κ1) is 43.6. The van der Waals surface area contributed by atoms with E-state index in [4.69, 9.17) is 9.47 Å². The van der Waals surface area contributed by atoms with Crippen molar-refractivity contribution in [1.29, 1.82) is 0 Å². The maximum atomic E-state index is 12.9. The second-order valence-corrected chi connectivity index (χ2v) is 13.4. The highest BCUT2D eigenvalue weighted by Crippen LogP contribution is 2.23. The summed E-state index contributed by atoms with van der Waals surface area (Å²) in [5.41, 5.74) is 0. The number of nitrogens with one attached hydrogen (secondary N) is 1. The molecular weight excluding hydrogens is 608 g/mol. The molecule has 8 atom stereocenters. The highest BCUT2D eigenvalue weighted by Gasteiger charge is 2.44. The van der Waals surface area contributed by atoms with E-state index in [0.717, 1.165) is 44.9 Å². The van der Waals surface area contributed by atoms with Crippen molar-refractivity contribution in [2.24, 2.45) is 0 Å². The van der Waals surface area contributed by atoms with E-state index in [1.807, 2.05) is 0 Å². The normalized spacial score (nSPS) is 23.3. The van der Waals surface area contributed by atoms with E-state index in [1.54, 1.807) is 0 Å². The Morgan fingerprint density at radius 3 is 1.81 bits per heavy atom. The summed E-state index contributed by atoms with van der Waals surface area (Å²) in [7, 11) is 1.53. The van der Waals surface area contributed by atoms with Crippen LogP contribution >= 0.6 is 0 Å². The van der Waals surface area contributed by atoms with Crippen molar-refractivity contribution in [2.75, 3.05) is 26.8 Å². The smallest absolute Gasteiger partial charge is 0.240 e. The maximum Gasteiger partial charge on any atom is 0.240 e. The van der Waals surface area contributed by atoms with Crippen LogP contribution in [0.4, 0.5) is 0 Å².